The molecule has 1 aromatic carbocycles. The molecular weight excluding hydrogens is 210 g/mol. The van der Waals surface area contributed by atoms with Crippen molar-refractivity contribution in [3.05, 3.63) is 59.5 Å². The summed E-state index contributed by atoms with van der Waals surface area (Å²) in [5.41, 5.74) is 2.83. The Morgan fingerprint density at radius 3 is 2.53 bits per heavy atom. The van der Waals surface area contributed by atoms with Crippen molar-refractivity contribution in [3.8, 4) is 0 Å². The topological polar surface area (TPSA) is 25.2 Å². The fourth-order valence-electron chi connectivity index (χ4n) is 2.07. The summed E-state index contributed by atoms with van der Waals surface area (Å²) in [5, 5.41) is 3.37. The molecule has 1 saturated carbocycles. The molecule has 1 heterocycles. The van der Waals surface area contributed by atoms with Crippen molar-refractivity contribution < 1.29 is 4.42 Å². The molecule has 1 fully saturated rings. The van der Waals surface area contributed by atoms with Crippen LogP contribution in [0.1, 0.15) is 35.6 Å². The molecule has 0 unspecified atom stereocenters. The molecular formula is C15H17NO. The van der Waals surface area contributed by atoms with E-state index in [1.54, 1.807) is 6.26 Å². The van der Waals surface area contributed by atoms with Crippen LogP contribution in [0.4, 0.5) is 0 Å². The second kappa shape index (κ2) is 4.76. The van der Waals surface area contributed by atoms with E-state index in [1.807, 2.05) is 12.1 Å². The normalized spacial score (nSPS) is 15.1. The third-order valence-electron chi connectivity index (χ3n) is 3.24. The second-order valence-corrected chi connectivity index (χ2v) is 4.70. The van der Waals surface area contributed by atoms with Gasteiger partial charge in [-0.15, -0.1) is 0 Å². The van der Waals surface area contributed by atoms with Crippen molar-refractivity contribution in [1.82, 2.24) is 5.32 Å². The molecule has 1 N–H and O–H groups in total. The van der Waals surface area contributed by atoms with Crippen molar-refractivity contribution in [2.24, 2.45) is 0 Å². The maximum absolute atomic E-state index is 5.27. The van der Waals surface area contributed by atoms with Gasteiger partial charge in [0.25, 0.3) is 0 Å². The summed E-state index contributed by atoms with van der Waals surface area (Å²) in [6.45, 7) is 1.68. The van der Waals surface area contributed by atoms with Gasteiger partial charge in [-0.05, 0) is 42.0 Å². The largest absolute Gasteiger partial charge is 0.468 e. The monoisotopic (exact) mass is 227 g/mol. The highest BCUT2D eigenvalue weighted by Gasteiger charge is 2.22. The number of furan rings is 1. The van der Waals surface area contributed by atoms with Gasteiger partial charge in [-0.3, -0.25) is 0 Å². The average molecular weight is 227 g/mol. The van der Waals surface area contributed by atoms with Gasteiger partial charge in [0.05, 0.1) is 12.8 Å². The Kier molecular flexibility index (Phi) is 2.97. The van der Waals surface area contributed by atoms with Crippen LogP contribution in [0.25, 0.3) is 0 Å². The first kappa shape index (κ1) is 10.6. The Hall–Kier alpha value is -1.54. The first-order valence-electron chi connectivity index (χ1n) is 6.24. The number of nitrogens with one attached hydrogen (secondary N) is 1. The smallest absolute Gasteiger partial charge is 0.117 e. The van der Waals surface area contributed by atoms with Crippen LogP contribution >= 0.6 is 0 Å². The van der Waals surface area contributed by atoms with Crippen LogP contribution in [0, 0.1) is 0 Å². The molecule has 0 radical (unpaired) electrons. The van der Waals surface area contributed by atoms with E-state index in [4.69, 9.17) is 4.42 Å². The highest BCUT2D eigenvalue weighted by Crippen LogP contribution is 2.39. The number of benzene rings is 1. The summed E-state index contributed by atoms with van der Waals surface area (Å²) < 4.78 is 5.27. The van der Waals surface area contributed by atoms with E-state index < -0.39 is 0 Å². The highest BCUT2D eigenvalue weighted by molar-refractivity contribution is 5.27. The molecule has 1 aliphatic carbocycles. The molecule has 1 aromatic heterocycles. The van der Waals surface area contributed by atoms with Crippen LogP contribution in [0.2, 0.25) is 0 Å². The lowest BCUT2D eigenvalue weighted by atomic mass is 10.1. The Balaban J connectivity index is 1.51. The zero-order chi connectivity index (χ0) is 11.5. The second-order valence-electron chi connectivity index (χ2n) is 4.70. The molecule has 0 atom stereocenters. The molecule has 0 aliphatic heterocycles. The van der Waals surface area contributed by atoms with Gasteiger partial charge in [-0.2, -0.15) is 0 Å². The number of hydrogen-bond donors (Lipinski definition) is 1. The van der Waals surface area contributed by atoms with E-state index in [0.717, 1.165) is 24.8 Å². The molecule has 88 valence electrons. The first-order valence-corrected chi connectivity index (χ1v) is 6.24. The minimum atomic E-state index is 0.789. The molecule has 0 bridgehead atoms. The van der Waals surface area contributed by atoms with E-state index in [1.165, 1.54) is 24.0 Å². The van der Waals surface area contributed by atoms with Gasteiger partial charge in [0.1, 0.15) is 5.76 Å². The molecule has 2 nitrogen and oxygen atoms in total. The Morgan fingerprint density at radius 2 is 1.88 bits per heavy atom. The zero-order valence-corrected chi connectivity index (χ0v) is 9.86. The standard InChI is InChI=1S/C15H17NO/c1-2-15(17-9-1)11-16-10-12-3-5-13(6-4-12)14-7-8-14/h1-6,9,14,16H,7-8,10-11H2. The van der Waals surface area contributed by atoms with E-state index in [0.29, 0.717) is 0 Å². The Bertz CT molecular complexity index is 454. The Labute approximate surface area is 102 Å². The van der Waals surface area contributed by atoms with Crippen LogP contribution in [0.3, 0.4) is 0 Å². The number of hydrogen-bond acceptors (Lipinski definition) is 2. The molecule has 2 aromatic rings. The van der Waals surface area contributed by atoms with Crippen molar-refractivity contribution in [1.29, 1.82) is 0 Å². The maximum atomic E-state index is 5.27. The predicted molar refractivity (Wildman–Crippen MR) is 67.7 cm³/mol. The first-order chi connectivity index (χ1) is 8.42. The Morgan fingerprint density at radius 1 is 1.06 bits per heavy atom. The molecule has 0 amide bonds. The van der Waals surface area contributed by atoms with Gasteiger partial charge in [0.2, 0.25) is 0 Å². The fraction of sp³-hybridized carbons (Fsp3) is 0.333. The molecule has 3 rings (SSSR count). The lowest BCUT2D eigenvalue weighted by Gasteiger charge is -2.04. The van der Waals surface area contributed by atoms with Gasteiger partial charge in [0.15, 0.2) is 0 Å². The molecule has 17 heavy (non-hydrogen) atoms. The summed E-state index contributed by atoms with van der Waals surface area (Å²) in [7, 11) is 0. The highest BCUT2D eigenvalue weighted by atomic mass is 16.3. The molecule has 2 heteroatoms. The summed E-state index contributed by atoms with van der Waals surface area (Å²) in [5.74, 6) is 1.83. The van der Waals surface area contributed by atoms with Gasteiger partial charge >= 0.3 is 0 Å². The average Bonchev–Trinajstić information content (AvgIpc) is 3.08. The van der Waals surface area contributed by atoms with Gasteiger partial charge in [-0.25, -0.2) is 0 Å². The van der Waals surface area contributed by atoms with E-state index in [9.17, 15) is 0 Å². The summed E-state index contributed by atoms with van der Waals surface area (Å²) in [4.78, 5) is 0. The van der Waals surface area contributed by atoms with Crippen molar-refractivity contribution >= 4 is 0 Å². The van der Waals surface area contributed by atoms with Gasteiger partial charge in [-0.1, -0.05) is 24.3 Å². The van der Waals surface area contributed by atoms with Crippen LogP contribution < -0.4 is 5.32 Å². The van der Waals surface area contributed by atoms with Gasteiger partial charge < -0.3 is 9.73 Å². The minimum Gasteiger partial charge on any atom is -0.468 e. The van der Waals surface area contributed by atoms with Gasteiger partial charge in [0, 0.05) is 6.54 Å². The van der Waals surface area contributed by atoms with Crippen LogP contribution in [0.5, 0.6) is 0 Å². The lowest BCUT2D eigenvalue weighted by molar-refractivity contribution is 0.483. The van der Waals surface area contributed by atoms with Crippen molar-refractivity contribution in [2.45, 2.75) is 31.8 Å². The summed E-state index contributed by atoms with van der Waals surface area (Å²) in [6, 6.07) is 12.9. The summed E-state index contributed by atoms with van der Waals surface area (Å²) >= 11 is 0. The zero-order valence-electron chi connectivity index (χ0n) is 9.86. The van der Waals surface area contributed by atoms with E-state index >= 15 is 0 Å². The predicted octanol–water partition coefficient (Wildman–Crippen LogP) is 3.45. The SMILES string of the molecule is c1coc(CNCc2ccc(C3CC3)cc2)c1. The van der Waals surface area contributed by atoms with Crippen LogP contribution in [-0.4, -0.2) is 0 Å². The maximum Gasteiger partial charge on any atom is 0.117 e. The molecule has 0 spiro atoms. The van der Waals surface area contributed by atoms with Crippen molar-refractivity contribution in [2.75, 3.05) is 0 Å². The van der Waals surface area contributed by atoms with Crippen LogP contribution in [0.15, 0.2) is 47.1 Å². The number of rotatable bonds is 5. The molecule has 1 aliphatic rings. The van der Waals surface area contributed by atoms with E-state index in [-0.39, 0.29) is 0 Å². The van der Waals surface area contributed by atoms with Crippen molar-refractivity contribution in [3.63, 3.8) is 0 Å². The molecule has 0 saturated heterocycles. The van der Waals surface area contributed by atoms with Crippen LogP contribution in [-0.2, 0) is 13.1 Å². The fourth-order valence-corrected chi connectivity index (χ4v) is 2.07. The quantitative estimate of drug-likeness (QED) is 0.846. The third kappa shape index (κ3) is 2.77. The summed E-state index contributed by atoms with van der Waals surface area (Å²) in [6.07, 6.45) is 4.45. The van der Waals surface area contributed by atoms with E-state index in [2.05, 4.69) is 29.6 Å². The third-order valence-corrected chi connectivity index (χ3v) is 3.24. The lowest BCUT2D eigenvalue weighted by Crippen LogP contribution is -2.11. The minimum absolute atomic E-state index is 0.789.